The van der Waals surface area contributed by atoms with E-state index in [4.69, 9.17) is 9.72 Å². The van der Waals surface area contributed by atoms with Gasteiger partial charge < -0.3 is 14.2 Å². The lowest BCUT2D eigenvalue weighted by Gasteiger charge is -2.34. The molecule has 0 N–H and O–H groups in total. The number of fused-ring (bicyclic) bond motifs is 3. The molecule has 0 bridgehead atoms. The first-order valence-corrected chi connectivity index (χ1v) is 8.48. The molecule has 0 amide bonds. The summed E-state index contributed by atoms with van der Waals surface area (Å²) >= 11 is 0. The van der Waals surface area contributed by atoms with E-state index >= 15 is 0 Å². The van der Waals surface area contributed by atoms with Crippen LogP contribution in [0.1, 0.15) is 43.6 Å². The smallest absolute Gasteiger partial charge is 0.107 e. The molecule has 0 radical (unpaired) electrons. The summed E-state index contributed by atoms with van der Waals surface area (Å²) in [4.78, 5) is 7.34. The molecule has 4 nitrogen and oxygen atoms in total. The van der Waals surface area contributed by atoms with Crippen LogP contribution in [-0.4, -0.2) is 35.9 Å². The Labute approximate surface area is 132 Å². The maximum Gasteiger partial charge on any atom is 0.107 e. The van der Waals surface area contributed by atoms with Crippen molar-refractivity contribution < 1.29 is 4.74 Å². The highest BCUT2D eigenvalue weighted by molar-refractivity contribution is 5.86. The Morgan fingerprint density at radius 3 is 2.91 bits per heavy atom. The number of ether oxygens (including phenoxy) is 1. The summed E-state index contributed by atoms with van der Waals surface area (Å²) in [7, 11) is 2.20. The fraction of sp³-hybridized carbons (Fsp3) is 0.611. The van der Waals surface area contributed by atoms with Crippen LogP contribution in [0.5, 0.6) is 0 Å². The molecule has 3 heterocycles. The van der Waals surface area contributed by atoms with Gasteiger partial charge in [-0.25, -0.2) is 4.98 Å². The van der Waals surface area contributed by atoms with Gasteiger partial charge in [0.2, 0.25) is 0 Å². The van der Waals surface area contributed by atoms with Crippen LogP contribution >= 0.6 is 0 Å². The number of aryl methyl sites for hydroxylation is 2. The highest BCUT2D eigenvalue weighted by atomic mass is 16.5. The highest BCUT2D eigenvalue weighted by Crippen LogP contribution is 2.36. The normalized spacial score (nSPS) is 25.5. The summed E-state index contributed by atoms with van der Waals surface area (Å²) in [6, 6.07) is 5.60. The Bertz CT molecular complexity index is 700. The van der Waals surface area contributed by atoms with Crippen molar-refractivity contribution >= 4 is 16.7 Å². The van der Waals surface area contributed by atoms with Gasteiger partial charge in [-0.1, -0.05) is 0 Å². The first kappa shape index (κ1) is 14.1. The number of rotatable bonds is 1. The van der Waals surface area contributed by atoms with Gasteiger partial charge in [0.1, 0.15) is 5.82 Å². The zero-order valence-corrected chi connectivity index (χ0v) is 13.8. The summed E-state index contributed by atoms with van der Waals surface area (Å²) in [6.45, 7) is 6.16. The minimum atomic E-state index is 0.442. The first-order chi connectivity index (χ1) is 10.7. The van der Waals surface area contributed by atoms with Gasteiger partial charge in [0.05, 0.1) is 23.7 Å². The number of anilines is 1. The first-order valence-electron chi connectivity index (χ1n) is 8.48. The van der Waals surface area contributed by atoms with Gasteiger partial charge in [0.25, 0.3) is 0 Å². The predicted octanol–water partition coefficient (Wildman–Crippen LogP) is 3.47. The maximum atomic E-state index is 5.70. The third-order valence-corrected chi connectivity index (χ3v) is 5.47. The molecule has 2 unspecified atom stereocenters. The van der Waals surface area contributed by atoms with Crippen LogP contribution in [0, 0.1) is 6.92 Å². The van der Waals surface area contributed by atoms with E-state index in [2.05, 4.69) is 42.5 Å². The minimum absolute atomic E-state index is 0.442. The van der Waals surface area contributed by atoms with Crippen LogP contribution in [0.25, 0.3) is 11.0 Å². The van der Waals surface area contributed by atoms with Crippen molar-refractivity contribution in [2.75, 3.05) is 25.2 Å². The number of aromatic nitrogens is 2. The molecule has 4 rings (SSSR count). The number of hydrogen-bond donors (Lipinski definition) is 0. The molecule has 2 aromatic rings. The van der Waals surface area contributed by atoms with Gasteiger partial charge in [0, 0.05) is 30.9 Å². The van der Waals surface area contributed by atoms with Crippen LogP contribution in [-0.2, 0) is 11.2 Å². The Hall–Kier alpha value is -1.55. The van der Waals surface area contributed by atoms with Crippen molar-refractivity contribution in [1.29, 1.82) is 0 Å². The van der Waals surface area contributed by atoms with Crippen molar-refractivity contribution in [3.05, 3.63) is 23.5 Å². The van der Waals surface area contributed by atoms with Crippen molar-refractivity contribution in [2.45, 2.75) is 51.6 Å². The molecule has 1 aromatic carbocycles. The molecule has 2 atom stereocenters. The van der Waals surface area contributed by atoms with Crippen LogP contribution in [0.2, 0.25) is 0 Å². The highest BCUT2D eigenvalue weighted by Gasteiger charge is 2.26. The lowest BCUT2D eigenvalue weighted by Crippen LogP contribution is -2.33. The molecular weight excluding hydrogens is 274 g/mol. The fourth-order valence-electron chi connectivity index (χ4n) is 4.07. The van der Waals surface area contributed by atoms with Crippen LogP contribution < -0.4 is 4.90 Å². The second kappa shape index (κ2) is 5.27. The maximum absolute atomic E-state index is 5.70. The van der Waals surface area contributed by atoms with Crippen molar-refractivity contribution in [3.63, 3.8) is 0 Å². The van der Waals surface area contributed by atoms with E-state index in [-0.39, 0.29) is 0 Å². The molecule has 1 fully saturated rings. The Morgan fingerprint density at radius 2 is 2.14 bits per heavy atom. The van der Waals surface area contributed by atoms with Crippen LogP contribution in [0.15, 0.2) is 12.1 Å². The van der Waals surface area contributed by atoms with E-state index in [0.29, 0.717) is 12.1 Å². The fourth-order valence-corrected chi connectivity index (χ4v) is 4.07. The quantitative estimate of drug-likeness (QED) is 0.808. The van der Waals surface area contributed by atoms with Crippen LogP contribution in [0.4, 0.5) is 5.69 Å². The topological polar surface area (TPSA) is 30.3 Å². The van der Waals surface area contributed by atoms with Gasteiger partial charge in [0.15, 0.2) is 0 Å². The summed E-state index contributed by atoms with van der Waals surface area (Å²) in [5.74, 6) is 1.13. The number of nitrogens with zero attached hydrogens (tertiary/aromatic N) is 3. The van der Waals surface area contributed by atoms with Gasteiger partial charge >= 0.3 is 0 Å². The SMILES string of the molecule is Cc1nc2c3c(ccc2n1C1CCCOC1)N(C)C(C)CC3. The molecule has 22 heavy (non-hydrogen) atoms. The monoisotopic (exact) mass is 299 g/mol. The predicted molar refractivity (Wildman–Crippen MR) is 89.7 cm³/mol. The van der Waals surface area contributed by atoms with Gasteiger partial charge in [-0.2, -0.15) is 0 Å². The van der Waals surface area contributed by atoms with Crippen LogP contribution in [0.3, 0.4) is 0 Å². The third kappa shape index (κ3) is 2.04. The average molecular weight is 299 g/mol. The lowest BCUT2D eigenvalue weighted by molar-refractivity contribution is 0.0598. The lowest BCUT2D eigenvalue weighted by atomic mass is 9.96. The van der Waals surface area contributed by atoms with E-state index < -0.39 is 0 Å². The third-order valence-electron chi connectivity index (χ3n) is 5.47. The summed E-state index contributed by atoms with van der Waals surface area (Å²) in [6.07, 6.45) is 4.69. The van der Waals surface area contributed by atoms with Gasteiger partial charge in [-0.15, -0.1) is 0 Å². The molecule has 0 aliphatic carbocycles. The molecule has 0 saturated carbocycles. The Balaban J connectivity index is 1.86. The van der Waals surface area contributed by atoms with E-state index in [0.717, 1.165) is 31.9 Å². The van der Waals surface area contributed by atoms with Gasteiger partial charge in [-0.05, 0) is 51.7 Å². The van der Waals surface area contributed by atoms with E-state index in [1.165, 1.54) is 35.1 Å². The Kier molecular flexibility index (Phi) is 3.37. The van der Waals surface area contributed by atoms with E-state index in [1.807, 2.05) is 0 Å². The zero-order valence-electron chi connectivity index (χ0n) is 13.8. The Morgan fingerprint density at radius 1 is 1.27 bits per heavy atom. The number of benzene rings is 1. The van der Waals surface area contributed by atoms with E-state index in [1.54, 1.807) is 0 Å². The largest absolute Gasteiger partial charge is 0.379 e. The molecule has 4 heteroatoms. The summed E-state index contributed by atoms with van der Waals surface area (Å²) in [5.41, 5.74) is 5.28. The van der Waals surface area contributed by atoms with Gasteiger partial charge in [-0.3, -0.25) is 0 Å². The molecular formula is C18H25N3O. The van der Waals surface area contributed by atoms with Crippen molar-refractivity contribution in [3.8, 4) is 0 Å². The standard InChI is InChI=1S/C18H25N3O/c1-12-6-7-15-16(20(12)3)8-9-17-18(15)19-13(2)21(17)14-5-4-10-22-11-14/h8-9,12,14H,4-7,10-11H2,1-3H3. The minimum Gasteiger partial charge on any atom is -0.379 e. The van der Waals surface area contributed by atoms with E-state index in [9.17, 15) is 0 Å². The van der Waals surface area contributed by atoms with Crippen molar-refractivity contribution in [1.82, 2.24) is 9.55 Å². The van der Waals surface area contributed by atoms with Crippen molar-refractivity contribution in [2.24, 2.45) is 0 Å². The molecule has 1 saturated heterocycles. The zero-order chi connectivity index (χ0) is 15.3. The molecule has 1 aromatic heterocycles. The summed E-state index contributed by atoms with van der Waals surface area (Å²) in [5, 5.41) is 0. The molecule has 118 valence electrons. The molecule has 2 aliphatic rings. The molecule has 2 aliphatic heterocycles. The molecule has 0 spiro atoms. The number of imidazole rings is 1. The second-order valence-electron chi connectivity index (χ2n) is 6.83. The number of hydrogen-bond acceptors (Lipinski definition) is 3. The average Bonchev–Trinajstić information content (AvgIpc) is 2.88. The summed E-state index contributed by atoms with van der Waals surface area (Å²) < 4.78 is 8.11. The second-order valence-corrected chi connectivity index (χ2v) is 6.83.